The van der Waals surface area contributed by atoms with E-state index in [1.807, 2.05) is 31.2 Å². The van der Waals surface area contributed by atoms with E-state index in [0.29, 0.717) is 8.67 Å². The van der Waals surface area contributed by atoms with Crippen LogP contribution in [0, 0.1) is 6.92 Å². The van der Waals surface area contributed by atoms with E-state index in [2.05, 4.69) is 15.9 Å². The van der Waals surface area contributed by atoms with Gasteiger partial charge in [-0.15, -0.1) is 22.9 Å². The Kier molecular flexibility index (Phi) is 4.43. The molecule has 0 nitrogen and oxygen atoms in total. The van der Waals surface area contributed by atoms with Crippen molar-refractivity contribution >= 4 is 62.1 Å². The van der Waals surface area contributed by atoms with E-state index in [1.54, 1.807) is 0 Å². The molecule has 0 saturated heterocycles. The summed E-state index contributed by atoms with van der Waals surface area (Å²) >= 11 is 23.3. The van der Waals surface area contributed by atoms with Crippen LogP contribution in [0.25, 0.3) is 0 Å². The molecule has 1 unspecified atom stereocenters. The lowest BCUT2D eigenvalue weighted by Crippen LogP contribution is -1.95. The molecule has 0 aliphatic heterocycles. The molecule has 1 atom stereocenters. The average Bonchev–Trinajstić information content (AvgIpc) is 2.60. The summed E-state index contributed by atoms with van der Waals surface area (Å²) in [5.41, 5.74) is 3.04. The summed E-state index contributed by atoms with van der Waals surface area (Å²) in [6.07, 6.45) is 0. The lowest BCUT2D eigenvalue weighted by atomic mass is 10.0. The number of aryl methyl sites for hydroxylation is 1. The van der Waals surface area contributed by atoms with E-state index < -0.39 is 0 Å². The van der Waals surface area contributed by atoms with Crippen molar-refractivity contribution in [2.75, 3.05) is 0 Å². The molecular formula is C12H8BrCl3S. The van der Waals surface area contributed by atoms with Gasteiger partial charge in [-0.1, -0.05) is 45.2 Å². The molecule has 0 saturated carbocycles. The number of hydrogen-bond acceptors (Lipinski definition) is 1. The molecule has 1 aromatic heterocycles. The summed E-state index contributed by atoms with van der Waals surface area (Å²) in [5, 5.41) is -0.274. The maximum absolute atomic E-state index is 6.47. The predicted molar refractivity (Wildman–Crippen MR) is 80.9 cm³/mol. The minimum atomic E-state index is -0.274. The maximum atomic E-state index is 6.47. The van der Waals surface area contributed by atoms with E-state index in [0.717, 1.165) is 21.2 Å². The zero-order valence-electron chi connectivity index (χ0n) is 8.81. The smallest absolute Gasteiger partial charge is 0.0994 e. The van der Waals surface area contributed by atoms with Gasteiger partial charge in [0.1, 0.15) is 0 Å². The van der Waals surface area contributed by atoms with E-state index >= 15 is 0 Å². The van der Waals surface area contributed by atoms with Gasteiger partial charge in [0.05, 0.1) is 14.0 Å². The Hall–Kier alpha value is 0.270. The van der Waals surface area contributed by atoms with Gasteiger partial charge in [-0.25, -0.2) is 0 Å². The van der Waals surface area contributed by atoms with Crippen molar-refractivity contribution in [2.45, 2.75) is 12.3 Å². The normalized spacial score (nSPS) is 12.8. The third kappa shape index (κ3) is 2.99. The van der Waals surface area contributed by atoms with Crippen LogP contribution in [0.4, 0.5) is 0 Å². The quantitative estimate of drug-likeness (QED) is 0.533. The molecule has 0 aliphatic rings. The van der Waals surface area contributed by atoms with Crippen molar-refractivity contribution in [1.29, 1.82) is 0 Å². The highest BCUT2D eigenvalue weighted by Gasteiger charge is 2.19. The highest BCUT2D eigenvalue weighted by Crippen LogP contribution is 2.41. The number of alkyl halides is 1. The summed E-state index contributed by atoms with van der Waals surface area (Å²) < 4.78 is 2.30. The molecule has 0 N–H and O–H groups in total. The molecule has 0 bridgehead atoms. The lowest BCUT2D eigenvalue weighted by Gasteiger charge is -2.12. The second-order valence-electron chi connectivity index (χ2n) is 3.64. The predicted octanol–water partition coefficient (Wildman–Crippen LogP) is 6.45. The van der Waals surface area contributed by atoms with Crippen LogP contribution in [-0.2, 0) is 0 Å². The topological polar surface area (TPSA) is 0 Å². The number of hydrogen-bond donors (Lipinski definition) is 0. The van der Waals surface area contributed by atoms with Gasteiger partial charge in [0.25, 0.3) is 0 Å². The number of benzene rings is 1. The van der Waals surface area contributed by atoms with E-state index in [4.69, 9.17) is 34.8 Å². The average molecular weight is 371 g/mol. The summed E-state index contributed by atoms with van der Waals surface area (Å²) in [7, 11) is 0. The summed E-state index contributed by atoms with van der Waals surface area (Å²) in [6.45, 7) is 2.03. The molecule has 0 radical (unpaired) electrons. The van der Waals surface area contributed by atoms with Crippen LogP contribution in [0.15, 0.2) is 28.7 Å². The van der Waals surface area contributed by atoms with Crippen LogP contribution < -0.4 is 0 Å². The van der Waals surface area contributed by atoms with E-state index in [9.17, 15) is 0 Å². The molecule has 5 heteroatoms. The maximum Gasteiger partial charge on any atom is 0.0994 e. The largest absolute Gasteiger partial charge is 0.112 e. The van der Waals surface area contributed by atoms with Gasteiger partial charge in [0.15, 0.2) is 0 Å². The van der Waals surface area contributed by atoms with E-state index in [1.165, 1.54) is 11.3 Å². The number of halogens is 4. The van der Waals surface area contributed by atoms with Crippen LogP contribution in [-0.4, -0.2) is 0 Å². The van der Waals surface area contributed by atoms with Gasteiger partial charge in [0.2, 0.25) is 0 Å². The van der Waals surface area contributed by atoms with Crippen LogP contribution in [0.3, 0.4) is 0 Å². The highest BCUT2D eigenvalue weighted by molar-refractivity contribution is 9.10. The van der Waals surface area contributed by atoms with Gasteiger partial charge >= 0.3 is 0 Å². The first kappa shape index (κ1) is 13.7. The summed E-state index contributed by atoms with van der Waals surface area (Å²) in [6, 6.07) is 7.85. The number of rotatable bonds is 2. The van der Waals surface area contributed by atoms with Gasteiger partial charge < -0.3 is 0 Å². The van der Waals surface area contributed by atoms with Crippen molar-refractivity contribution in [3.05, 3.63) is 54.1 Å². The molecular weight excluding hydrogens is 362 g/mol. The molecule has 0 fully saturated rings. The molecule has 0 aliphatic carbocycles. The first-order chi connectivity index (χ1) is 7.99. The minimum absolute atomic E-state index is 0.274. The molecule has 0 spiro atoms. The molecule has 2 aromatic rings. The zero-order chi connectivity index (χ0) is 12.6. The SMILES string of the molecule is Cc1ccc(Br)cc1C(Cl)c1cc(Cl)sc1Cl. The Morgan fingerprint density at radius 1 is 1.18 bits per heavy atom. The fourth-order valence-corrected chi connectivity index (χ4v) is 4.02. The molecule has 2 rings (SSSR count). The Morgan fingerprint density at radius 3 is 2.47 bits per heavy atom. The van der Waals surface area contributed by atoms with Crippen LogP contribution in [0.2, 0.25) is 8.67 Å². The molecule has 0 amide bonds. The molecule has 90 valence electrons. The van der Waals surface area contributed by atoms with Crippen LogP contribution in [0.1, 0.15) is 22.1 Å². The Bertz CT molecular complexity index is 551. The Balaban J connectivity index is 2.46. The molecule has 1 aromatic carbocycles. The van der Waals surface area contributed by atoms with Crippen molar-refractivity contribution < 1.29 is 0 Å². The van der Waals surface area contributed by atoms with Crippen LogP contribution >= 0.6 is 62.1 Å². The Morgan fingerprint density at radius 2 is 1.88 bits per heavy atom. The number of thiophene rings is 1. The third-order valence-electron chi connectivity index (χ3n) is 2.47. The first-order valence-corrected chi connectivity index (χ1v) is 7.64. The molecule has 17 heavy (non-hydrogen) atoms. The van der Waals surface area contributed by atoms with Crippen LogP contribution in [0.5, 0.6) is 0 Å². The van der Waals surface area contributed by atoms with E-state index in [-0.39, 0.29) is 5.38 Å². The van der Waals surface area contributed by atoms with Gasteiger partial charge in [0, 0.05) is 10.0 Å². The fraction of sp³-hybridized carbons (Fsp3) is 0.167. The van der Waals surface area contributed by atoms with Gasteiger partial charge in [-0.05, 0) is 36.2 Å². The van der Waals surface area contributed by atoms with Crippen molar-refractivity contribution in [2.24, 2.45) is 0 Å². The van der Waals surface area contributed by atoms with Crippen molar-refractivity contribution in [3.63, 3.8) is 0 Å². The van der Waals surface area contributed by atoms with Crippen molar-refractivity contribution in [1.82, 2.24) is 0 Å². The Labute approximate surface area is 128 Å². The first-order valence-electron chi connectivity index (χ1n) is 4.84. The standard InChI is InChI=1S/C12H8BrCl3S/c1-6-2-3-7(13)4-8(6)11(15)9-5-10(14)17-12(9)16/h2-5,11H,1H3. The van der Waals surface area contributed by atoms with Crippen molar-refractivity contribution in [3.8, 4) is 0 Å². The van der Waals surface area contributed by atoms with Gasteiger partial charge in [-0.2, -0.15) is 0 Å². The monoisotopic (exact) mass is 368 g/mol. The molecule has 1 heterocycles. The highest BCUT2D eigenvalue weighted by atomic mass is 79.9. The third-order valence-corrected chi connectivity index (χ3v) is 4.95. The summed E-state index contributed by atoms with van der Waals surface area (Å²) in [5.74, 6) is 0. The lowest BCUT2D eigenvalue weighted by molar-refractivity contribution is 1.12. The zero-order valence-corrected chi connectivity index (χ0v) is 13.5. The fourth-order valence-electron chi connectivity index (χ4n) is 1.58. The minimum Gasteiger partial charge on any atom is -0.112 e. The second kappa shape index (κ2) is 5.50. The summed E-state index contributed by atoms with van der Waals surface area (Å²) in [4.78, 5) is 0. The van der Waals surface area contributed by atoms with Gasteiger partial charge in [-0.3, -0.25) is 0 Å². The second-order valence-corrected chi connectivity index (χ2v) is 7.28.